The molecule has 0 bridgehead atoms. The molecule has 5 rings (SSSR count). The molecule has 0 radical (unpaired) electrons. The highest BCUT2D eigenvalue weighted by Gasteiger charge is 2.50. The van der Waals surface area contributed by atoms with E-state index < -0.39 is 11.9 Å². The van der Waals surface area contributed by atoms with E-state index in [2.05, 4.69) is 0 Å². The molecule has 2 aliphatic heterocycles. The van der Waals surface area contributed by atoms with Crippen LogP contribution in [0.15, 0.2) is 60.7 Å². The van der Waals surface area contributed by atoms with Gasteiger partial charge in [0.1, 0.15) is 11.5 Å². The smallest absolute Gasteiger partial charge is 0.316 e. The zero-order chi connectivity index (χ0) is 25.4. The summed E-state index contributed by atoms with van der Waals surface area (Å²) in [5.41, 5.74) is 1.08. The minimum Gasteiger partial charge on any atom is -0.494 e. The summed E-state index contributed by atoms with van der Waals surface area (Å²) < 4.78 is 11.0. The fourth-order valence-electron chi connectivity index (χ4n) is 5.29. The number of nitrogens with zero attached hydrogens (tertiary/aromatic N) is 2. The molecule has 186 valence electrons. The number of imide groups is 1. The van der Waals surface area contributed by atoms with Gasteiger partial charge < -0.3 is 14.4 Å². The molecule has 3 amide bonds. The first-order valence-electron chi connectivity index (χ1n) is 12.3. The van der Waals surface area contributed by atoms with Crippen molar-refractivity contribution in [2.24, 2.45) is 23.7 Å². The Morgan fingerprint density at radius 3 is 2.50 bits per heavy atom. The van der Waals surface area contributed by atoms with Crippen LogP contribution in [0, 0.1) is 23.7 Å². The van der Waals surface area contributed by atoms with Crippen molar-refractivity contribution in [3.05, 3.63) is 60.7 Å². The van der Waals surface area contributed by atoms with E-state index in [9.17, 15) is 19.2 Å². The van der Waals surface area contributed by atoms with Gasteiger partial charge in [0.2, 0.25) is 17.7 Å². The first-order valence-corrected chi connectivity index (χ1v) is 12.3. The van der Waals surface area contributed by atoms with E-state index in [1.807, 2.05) is 26.0 Å². The van der Waals surface area contributed by atoms with Gasteiger partial charge in [0.05, 0.1) is 30.0 Å². The molecule has 2 fully saturated rings. The van der Waals surface area contributed by atoms with Crippen molar-refractivity contribution in [1.82, 2.24) is 0 Å². The Kier molecular flexibility index (Phi) is 6.35. The summed E-state index contributed by atoms with van der Waals surface area (Å²) in [4.78, 5) is 54.4. The minimum atomic E-state index is -0.627. The second kappa shape index (κ2) is 9.60. The molecule has 0 N–H and O–H groups in total. The van der Waals surface area contributed by atoms with Gasteiger partial charge in [-0.15, -0.1) is 0 Å². The maximum Gasteiger partial charge on any atom is 0.316 e. The summed E-state index contributed by atoms with van der Waals surface area (Å²) in [5.74, 6) is -1.56. The third kappa shape index (κ3) is 4.27. The predicted molar refractivity (Wildman–Crippen MR) is 133 cm³/mol. The number of esters is 1. The summed E-state index contributed by atoms with van der Waals surface area (Å²) in [5, 5.41) is 0. The number of allylic oxidation sites excluding steroid dienone is 2. The Hall–Kier alpha value is -3.94. The molecule has 2 aromatic rings. The lowest BCUT2D eigenvalue weighted by Crippen LogP contribution is -2.31. The molecule has 0 spiro atoms. The lowest BCUT2D eigenvalue weighted by Gasteiger charge is -2.22. The maximum absolute atomic E-state index is 13.1. The number of hydrogen-bond donors (Lipinski definition) is 0. The largest absolute Gasteiger partial charge is 0.494 e. The first kappa shape index (κ1) is 23.8. The molecule has 8 heteroatoms. The Balaban J connectivity index is 1.27. The average molecular weight is 489 g/mol. The molecule has 0 saturated carbocycles. The topological polar surface area (TPSA) is 93.2 Å². The van der Waals surface area contributed by atoms with Gasteiger partial charge in [0.15, 0.2) is 0 Å². The molecule has 0 unspecified atom stereocenters. The summed E-state index contributed by atoms with van der Waals surface area (Å²) in [6.45, 7) is 4.60. The highest BCUT2D eigenvalue weighted by Crippen LogP contribution is 2.41. The second-order valence-electron chi connectivity index (χ2n) is 9.42. The van der Waals surface area contributed by atoms with Crippen LogP contribution in [0.1, 0.15) is 26.7 Å². The van der Waals surface area contributed by atoms with Gasteiger partial charge in [0.25, 0.3) is 0 Å². The van der Waals surface area contributed by atoms with Gasteiger partial charge in [-0.25, -0.2) is 4.90 Å². The summed E-state index contributed by atoms with van der Waals surface area (Å²) in [6.07, 6.45) is 4.53. The molecule has 2 saturated heterocycles. The predicted octanol–water partition coefficient (Wildman–Crippen LogP) is 3.75. The van der Waals surface area contributed by atoms with Crippen LogP contribution in [0.3, 0.4) is 0 Å². The highest BCUT2D eigenvalue weighted by molar-refractivity contribution is 6.22. The van der Waals surface area contributed by atoms with Crippen molar-refractivity contribution in [2.75, 3.05) is 23.0 Å². The summed E-state index contributed by atoms with van der Waals surface area (Å²) >= 11 is 0. The van der Waals surface area contributed by atoms with Gasteiger partial charge in [-0.05, 0) is 55.7 Å². The molecular weight excluding hydrogens is 460 g/mol. The van der Waals surface area contributed by atoms with Crippen LogP contribution < -0.4 is 19.3 Å². The highest BCUT2D eigenvalue weighted by atomic mass is 16.5. The van der Waals surface area contributed by atoms with Crippen molar-refractivity contribution in [3.63, 3.8) is 0 Å². The van der Waals surface area contributed by atoms with Crippen LogP contribution in [0.5, 0.6) is 11.5 Å². The number of hydrogen-bond acceptors (Lipinski definition) is 6. The average Bonchev–Trinajstić information content (AvgIpc) is 3.38. The van der Waals surface area contributed by atoms with Crippen LogP contribution in [-0.4, -0.2) is 36.8 Å². The molecule has 2 heterocycles. The van der Waals surface area contributed by atoms with Crippen LogP contribution in [0.4, 0.5) is 11.4 Å². The molecular formula is C28H28N2O6. The molecule has 2 aromatic carbocycles. The van der Waals surface area contributed by atoms with E-state index in [0.29, 0.717) is 30.2 Å². The molecule has 0 aromatic heterocycles. The van der Waals surface area contributed by atoms with Gasteiger partial charge in [-0.2, -0.15) is 0 Å². The normalized spacial score (nSPS) is 25.3. The molecule has 36 heavy (non-hydrogen) atoms. The monoisotopic (exact) mass is 488 g/mol. The Morgan fingerprint density at radius 1 is 1.00 bits per heavy atom. The third-order valence-corrected chi connectivity index (χ3v) is 7.08. The van der Waals surface area contributed by atoms with Crippen molar-refractivity contribution in [2.45, 2.75) is 26.7 Å². The van der Waals surface area contributed by atoms with Gasteiger partial charge in [-0.3, -0.25) is 19.2 Å². The van der Waals surface area contributed by atoms with Crippen LogP contribution in [-0.2, 0) is 19.2 Å². The Morgan fingerprint density at radius 2 is 1.78 bits per heavy atom. The Bertz CT molecular complexity index is 1240. The fourth-order valence-corrected chi connectivity index (χ4v) is 5.29. The van der Waals surface area contributed by atoms with E-state index in [1.54, 1.807) is 47.4 Å². The number of benzene rings is 2. The van der Waals surface area contributed by atoms with E-state index in [4.69, 9.17) is 9.47 Å². The lowest BCUT2D eigenvalue weighted by molar-refractivity contribution is -0.139. The van der Waals surface area contributed by atoms with Crippen LogP contribution in [0.2, 0.25) is 0 Å². The number of amides is 3. The fraction of sp³-hybridized carbons (Fsp3) is 0.357. The van der Waals surface area contributed by atoms with Crippen molar-refractivity contribution >= 4 is 35.1 Å². The van der Waals surface area contributed by atoms with E-state index in [0.717, 1.165) is 0 Å². The van der Waals surface area contributed by atoms with Crippen LogP contribution in [0.25, 0.3) is 0 Å². The number of rotatable bonds is 6. The number of carbonyl (C=O) groups is 4. The van der Waals surface area contributed by atoms with Crippen molar-refractivity contribution in [1.29, 1.82) is 0 Å². The zero-order valence-corrected chi connectivity index (χ0v) is 20.3. The van der Waals surface area contributed by atoms with E-state index in [1.165, 1.54) is 11.0 Å². The van der Waals surface area contributed by atoms with E-state index in [-0.39, 0.29) is 54.2 Å². The minimum absolute atomic E-state index is 0.00978. The van der Waals surface area contributed by atoms with E-state index >= 15 is 0 Å². The second-order valence-corrected chi connectivity index (χ2v) is 9.42. The Labute approximate surface area is 209 Å². The summed E-state index contributed by atoms with van der Waals surface area (Å²) in [7, 11) is 0. The number of carbonyl (C=O) groups excluding carboxylic acids is 4. The standard InChI is InChI=1S/C28H28N2O6/c1-3-35-21-12-10-19(11-13-21)29-16-18(14-24(29)31)28(34)36-22-8-5-7-20(15-22)30-26(32)23-9-4-6-17(2)25(23)27(30)33/h4-8,10-13,15,17-18,23,25H,3,9,14,16H2,1-2H3/t17-,18+,23+,25-/m0/s1. The van der Waals surface area contributed by atoms with Crippen molar-refractivity contribution < 1.29 is 28.7 Å². The number of anilines is 2. The molecule has 4 atom stereocenters. The third-order valence-electron chi connectivity index (χ3n) is 7.08. The molecule has 1 aliphatic carbocycles. The van der Waals surface area contributed by atoms with Crippen LogP contribution >= 0.6 is 0 Å². The summed E-state index contributed by atoms with van der Waals surface area (Å²) in [6, 6.07) is 13.6. The van der Waals surface area contributed by atoms with Crippen molar-refractivity contribution in [3.8, 4) is 11.5 Å². The number of ether oxygens (including phenoxy) is 2. The van der Waals surface area contributed by atoms with Gasteiger partial charge in [0, 0.05) is 24.7 Å². The first-order chi connectivity index (χ1) is 17.4. The SMILES string of the molecule is CCOc1ccc(N2C[C@H](C(=O)Oc3cccc(N4C(=O)[C@H]5[C@@H](C)C=CC[C@H]5C4=O)c3)CC2=O)cc1. The molecule has 3 aliphatic rings. The van der Waals surface area contributed by atoms with Gasteiger partial charge in [-0.1, -0.05) is 25.1 Å². The quantitative estimate of drug-likeness (QED) is 0.266. The maximum atomic E-state index is 13.1. The molecule has 8 nitrogen and oxygen atoms in total. The number of fused-ring (bicyclic) bond motifs is 1. The lowest BCUT2D eigenvalue weighted by atomic mass is 9.78. The zero-order valence-electron chi connectivity index (χ0n) is 20.3. The van der Waals surface area contributed by atoms with Gasteiger partial charge >= 0.3 is 5.97 Å².